The van der Waals surface area contributed by atoms with E-state index >= 15 is 0 Å². The van der Waals surface area contributed by atoms with Gasteiger partial charge in [0, 0.05) is 0 Å². The summed E-state index contributed by atoms with van der Waals surface area (Å²) in [4.78, 5) is 11.3. The monoisotopic (exact) mass is 260 g/mol. The van der Waals surface area contributed by atoms with Crippen molar-refractivity contribution >= 4 is 5.97 Å². The largest absolute Gasteiger partial charge is 0.481 e. The van der Waals surface area contributed by atoms with E-state index in [0.717, 1.165) is 5.69 Å². The first-order valence-electron chi connectivity index (χ1n) is 5.84. The molecule has 1 N–H and O–H groups in total. The van der Waals surface area contributed by atoms with E-state index in [9.17, 15) is 14.3 Å². The van der Waals surface area contributed by atoms with Gasteiger partial charge in [-0.15, -0.1) is 0 Å². The Bertz CT molecular complexity index is 584. The number of hydrogen-bond acceptors (Lipinski definition) is 3. The van der Waals surface area contributed by atoms with Gasteiger partial charge in [-0.3, -0.25) is 4.79 Å². The minimum Gasteiger partial charge on any atom is -0.481 e. The minimum atomic E-state index is -0.998. The van der Waals surface area contributed by atoms with Gasteiger partial charge >= 0.3 is 5.97 Å². The van der Waals surface area contributed by atoms with E-state index in [2.05, 4.69) is 10.2 Å². The Morgan fingerprint density at radius 2 is 2.11 bits per heavy atom. The third kappa shape index (κ3) is 3.34. The maximum atomic E-state index is 13.1. The standard InChI is InChI=1S/C14H13FN2O2/c1-9-5-6-13(17-16-9)12(14(18)19)8-10-3-2-4-11(15)7-10/h2-7,12H,8H2,1H3,(H,18,19). The molecule has 0 bridgehead atoms. The van der Waals surface area contributed by atoms with E-state index in [1.165, 1.54) is 12.1 Å². The molecule has 1 aromatic heterocycles. The minimum absolute atomic E-state index is 0.185. The highest BCUT2D eigenvalue weighted by Gasteiger charge is 2.22. The van der Waals surface area contributed by atoms with Crippen molar-refractivity contribution in [3.8, 4) is 0 Å². The Morgan fingerprint density at radius 1 is 1.32 bits per heavy atom. The summed E-state index contributed by atoms with van der Waals surface area (Å²) < 4.78 is 13.1. The zero-order valence-electron chi connectivity index (χ0n) is 10.4. The van der Waals surface area contributed by atoms with Crippen LogP contribution in [0.2, 0.25) is 0 Å². The molecule has 0 aliphatic carbocycles. The number of carboxylic acids is 1. The van der Waals surface area contributed by atoms with Gasteiger partial charge in [-0.1, -0.05) is 12.1 Å². The van der Waals surface area contributed by atoms with Gasteiger partial charge in [-0.25, -0.2) is 4.39 Å². The van der Waals surface area contributed by atoms with Crippen LogP contribution < -0.4 is 0 Å². The fourth-order valence-corrected chi connectivity index (χ4v) is 1.81. The van der Waals surface area contributed by atoms with Crippen molar-refractivity contribution in [1.82, 2.24) is 10.2 Å². The Balaban J connectivity index is 2.26. The first kappa shape index (κ1) is 13.1. The lowest BCUT2D eigenvalue weighted by Gasteiger charge is -2.11. The van der Waals surface area contributed by atoms with Gasteiger partial charge in [0.1, 0.15) is 11.7 Å². The van der Waals surface area contributed by atoms with E-state index in [-0.39, 0.29) is 12.2 Å². The van der Waals surface area contributed by atoms with E-state index in [0.29, 0.717) is 11.3 Å². The van der Waals surface area contributed by atoms with Crippen LogP contribution in [0.1, 0.15) is 22.9 Å². The Labute approximate surface area is 109 Å². The van der Waals surface area contributed by atoms with E-state index in [1.807, 2.05) is 0 Å². The summed E-state index contributed by atoms with van der Waals surface area (Å²) in [5.41, 5.74) is 1.72. The summed E-state index contributed by atoms with van der Waals surface area (Å²) in [7, 11) is 0. The van der Waals surface area contributed by atoms with Crippen molar-refractivity contribution in [3.05, 3.63) is 59.2 Å². The number of rotatable bonds is 4. The summed E-state index contributed by atoms with van der Waals surface area (Å²) in [6.07, 6.45) is 0.185. The molecule has 0 saturated carbocycles. The van der Waals surface area contributed by atoms with Crippen LogP contribution in [0.15, 0.2) is 36.4 Å². The maximum Gasteiger partial charge on any atom is 0.313 e. The van der Waals surface area contributed by atoms with Crippen LogP contribution in [0.25, 0.3) is 0 Å². The average Bonchev–Trinajstić information content (AvgIpc) is 2.37. The molecule has 2 rings (SSSR count). The summed E-state index contributed by atoms with van der Waals surface area (Å²) in [6.45, 7) is 1.78. The summed E-state index contributed by atoms with van der Waals surface area (Å²) >= 11 is 0. The highest BCUT2D eigenvalue weighted by molar-refractivity contribution is 5.75. The van der Waals surface area contributed by atoms with E-state index < -0.39 is 11.9 Å². The second-order valence-electron chi connectivity index (χ2n) is 4.32. The van der Waals surface area contributed by atoms with Crippen LogP contribution in [0, 0.1) is 12.7 Å². The predicted molar refractivity (Wildman–Crippen MR) is 67.2 cm³/mol. The number of hydrogen-bond donors (Lipinski definition) is 1. The van der Waals surface area contributed by atoms with Crippen molar-refractivity contribution in [1.29, 1.82) is 0 Å². The predicted octanol–water partition coefficient (Wildman–Crippen LogP) is 2.34. The SMILES string of the molecule is Cc1ccc(C(Cc2cccc(F)c2)C(=O)O)nn1. The van der Waals surface area contributed by atoms with Gasteiger partial charge in [0.15, 0.2) is 0 Å². The van der Waals surface area contributed by atoms with Crippen LogP contribution in [-0.4, -0.2) is 21.3 Å². The second kappa shape index (κ2) is 5.56. The second-order valence-corrected chi connectivity index (χ2v) is 4.32. The zero-order valence-corrected chi connectivity index (χ0v) is 10.4. The molecule has 0 amide bonds. The molecule has 1 aromatic carbocycles. The highest BCUT2D eigenvalue weighted by atomic mass is 19.1. The van der Waals surface area contributed by atoms with Crippen molar-refractivity contribution in [2.75, 3.05) is 0 Å². The lowest BCUT2D eigenvalue weighted by Crippen LogP contribution is -2.16. The molecule has 0 fully saturated rings. The molecule has 0 aliphatic heterocycles. The van der Waals surface area contributed by atoms with Gasteiger partial charge in [0.05, 0.1) is 11.4 Å². The molecule has 4 nitrogen and oxygen atoms in total. The third-order valence-corrected chi connectivity index (χ3v) is 2.80. The fraction of sp³-hybridized carbons (Fsp3) is 0.214. The first-order chi connectivity index (χ1) is 9.06. The molecule has 0 aliphatic rings. The number of aliphatic carboxylic acids is 1. The molecule has 0 saturated heterocycles. The average molecular weight is 260 g/mol. The Kier molecular flexibility index (Phi) is 3.85. The van der Waals surface area contributed by atoms with Gasteiger partial charge in [-0.05, 0) is 43.2 Å². The molecule has 1 unspecified atom stereocenters. The van der Waals surface area contributed by atoms with Crippen LogP contribution in [0.5, 0.6) is 0 Å². The molecular formula is C14H13FN2O2. The van der Waals surface area contributed by atoms with Crippen LogP contribution in [0.3, 0.4) is 0 Å². The number of carbonyl (C=O) groups is 1. The number of halogens is 1. The molecule has 5 heteroatoms. The highest BCUT2D eigenvalue weighted by Crippen LogP contribution is 2.19. The van der Waals surface area contributed by atoms with Gasteiger partial charge in [-0.2, -0.15) is 10.2 Å². The van der Waals surface area contributed by atoms with Crippen molar-refractivity contribution in [2.24, 2.45) is 0 Å². The molecule has 0 spiro atoms. The van der Waals surface area contributed by atoms with Gasteiger partial charge in [0.2, 0.25) is 0 Å². The number of aryl methyl sites for hydroxylation is 1. The Morgan fingerprint density at radius 3 is 2.68 bits per heavy atom. The van der Waals surface area contributed by atoms with Crippen LogP contribution in [0.4, 0.5) is 4.39 Å². The van der Waals surface area contributed by atoms with Crippen molar-refractivity contribution < 1.29 is 14.3 Å². The first-order valence-corrected chi connectivity index (χ1v) is 5.84. The van der Waals surface area contributed by atoms with E-state index in [1.54, 1.807) is 31.2 Å². The topological polar surface area (TPSA) is 63.1 Å². The quantitative estimate of drug-likeness (QED) is 0.916. The van der Waals surface area contributed by atoms with Crippen molar-refractivity contribution in [2.45, 2.75) is 19.3 Å². The van der Waals surface area contributed by atoms with Crippen molar-refractivity contribution in [3.63, 3.8) is 0 Å². The maximum absolute atomic E-state index is 13.1. The molecule has 1 atom stereocenters. The molecular weight excluding hydrogens is 247 g/mol. The number of carboxylic acid groups (broad SMARTS) is 1. The summed E-state index contributed by atoms with van der Waals surface area (Å²) in [5.74, 6) is -2.20. The number of benzene rings is 1. The Hall–Kier alpha value is -2.30. The molecule has 98 valence electrons. The van der Waals surface area contributed by atoms with Gasteiger partial charge in [0.25, 0.3) is 0 Å². The smallest absolute Gasteiger partial charge is 0.313 e. The third-order valence-electron chi connectivity index (χ3n) is 2.80. The number of nitrogens with zero attached hydrogens (tertiary/aromatic N) is 2. The normalized spacial score (nSPS) is 12.1. The molecule has 19 heavy (non-hydrogen) atoms. The number of aromatic nitrogens is 2. The molecule has 1 heterocycles. The van der Waals surface area contributed by atoms with Crippen LogP contribution >= 0.6 is 0 Å². The zero-order chi connectivity index (χ0) is 13.8. The lowest BCUT2D eigenvalue weighted by molar-refractivity contribution is -0.138. The molecule has 0 radical (unpaired) electrons. The summed E-state index contributed by atoms with van der Waals surface area (Å²) in [6, 6.07) is 9.26. The van der Waals surface area contributed by atoms with Crippen LogP contribution in [-0.2, 0) is 11.2 Å². The summed E-state index contributed by atoms with van der Waals surface area (Å²) in [5, 5.41) is 17.0. The fourth-order valence-electron chi connectivity index (χ4n) is 1.81. The lowest BCUT2D eigenvalue weighted by atomic mass is 9.96. The van der Waals surface area contributed by atoms with E-state index in [4.69, 9.17) is 0 Å². The molecule has 2 aromatic rings. The van der Waals surface area contributed by atoms with Gasteiger partial charge < -0.3 is 5.11 Å².